The van der Waals surface area contributed by atoms with Gasteiger partial charge in [-0.25, -0.2) is 9.97 Å². The molecule has 0 radical (unpaired) electrons. The monoisotopic (exact) mass is 350 g/mol. The molecule has 6 heteroatoms. The summed E-state index contributed by atoms with van der Waals surface area (Å²) in [6.07, 6.45) is 0. The molecule has 4 rings (SSSR count). The smallest absolute Gasteiger partial charge is 0.208 e. The lowest BCUT2D eigenvalue weighted by Gasteiger charge is -2.10. The van der Waals surface area contributed by atoms with Gasteiger partial charge in [-0.05, 0) is 24.3 Å². The highest BCUT2D eigenvalue weighted by atomic mass is 32.1. The summed E-state index contributed by atoms with van der Waals surface area (Å²) < 4.78 is 7.27. The van der Waals surface area contributed by atoms with Crippen molar-refractivity contribution in [3.8, 4) is 5.69 Å². The summed E-state index contributed by atoms with van der Waals surface area (Å²) in [7, 11) is 1.68. The maximum atomic E-state index is 5.13. The Morgan fingerprint density at radius 1 is 1.04 bits per heavy atom. The fraction of sp³-hybridized carbons (Fsp3) is 0.158. The number of anilines is 1. The number of para-hydroxylation sites is 3. The van der Waals surface area contributed by atoms with Crippen molar-refractivity contribution < 1.29 is 4.74 Å². The van der Waals surface area contributed by atoms with Crippen LogP contribution < -0.4 is 5.32 Å². The highest BCUT2D eigenvalue weighted by Crippen LogP contribution is 2.25. The second-order valence-corrected chi connectivity index (χ2v) is 6.56. The van der Waals surface area contributed by atoms with E-state index in [1.54, 1.807) is 18.4 Å². The van der Waals surface area contributed by atoms with Gasteiger partial charge >= 0.3 is 0 Å². The van der Waals surface area contributed by atoms with E-state index in [-0.39, 0.29) is 0 Å². The van der Waals surface area contributed by atoms with Crippen LogP contribution in [-0.4, -0.2) is 21.6 Å². The predicted molar refractivity (Wildman–Crippen MR) is 101 cm³/mol. The zero-order valence-corrected chi connectivity index (χ0v) is 14.7. The molecule has 0 amide bonds. The number of thiazole rings is 1. The molecule has 25 heavy (non-hydrogen) atoms. The van der Waals surface area contributed by atoms with Crippen LogP contribution in [0, 0.1) is 0 Å². The average Bonchev–Trinajstić information content (AvgIpc) is 3.25. The van der Waals surface area contributed by atoms with Crippen LogP contribution in [0.4, 0.5) is 5.95 Å². The molecule has 0 atom stereocenters. The van der Waals surface area contributed by atoms with Crippen LogP contribution in [0.3, 0.4) is 0 Å². The number of imidazole rings is 1. The lowest BCUT2D eigenvalue weighted by Crippen LogP contribution is -2.06. The number of ether oxygens (including phenoxy) is 1. The molecule has 0 spiro atoms. The van der Waals surface area contributed by atoms with Crippen LogP contribution in [0.5, 0.6) is 0 Å². The van der Waals surface area contributed by atoms with Crippen molar-refractivity contribution in [3.63, 3.8) is 0 Å². The number of fused-ring (bicyclic) bond motifs is 1. The molecule has 0 aliphatic rings. The summed E-state index contributed by atoms with van der Waals surface area (Å²) in [5.74, 6) is 0.814. The van der Waals surface area contributed by atoms with Gasteiger partial charge < -0.3 is 10.1 Å². The van der Waals surface area contributed by atoms with E-state index in [4.69, 9.17) is 9.72 Å². The molecule has 0 aliphatic carbocycles. The summed E-state index contributed by atoms with van der Waals surface area (Å²) >= 11 is 1.61. The minimum atomic E-state index is 0.549. The molecule has 0 aliphatic heterocycles. The number of hydrogen-bond acceptors (Lipinski definition) is 5. The van der Waals surface area contributed by atoms with E-state index >= 15 is 0 Å². The largest absolute Gasteiger partial charge is 0.378 e. The van der Waals surface area contributed by atoms with Crippen molar-refractivity contribution in [2.75, 3.05) is 12.4 Å². The minimum Gasteiger partial charge on any atom is -0.378 e. The van der Waals surface area contributed by atoms with Crippen LogP contribution in [0.2, 0.25) is 0 Å². The number of hydrogen-bond donors (Lipinski definition) is 1. The first-order valence-electron chi connectivity index (χ1n) is 8.04. The zero-order chi connectivity index (χ0) is 17.1. The van der Waals surface area contributed by atoms with Crippen LogP contribution in [0.15, 0.2) is 60.0 Å². The van der Waals surface area contributed by atoms with Crippen molar-refractivity contribution in [1.82, 2.24) is 14.5 Å². The van der Waals surface area contributed by atoms with Crippen molar-refractivity contribution in [2.24, 2.45) is 0 Å². The van der Waals surface area contributed by atoms with Gasteiger partial charge in [0.2, 0.25) is 5.95 Å². The average molecular weight is 350 g/mol. The quantitative estimate of drug-likeness (QED) is 0.565. The molecule has 126 valence electrons. The van der Waals surface area contributed by atoms with Gasteiger partial charge in [-0.15, -0.1) is 11.3 Å². The topological polar surface area (TPSA) is 52.0 Å². The number of nitrogens with one attached hydrogen (secondary N) is 1. The molecule has 4 aromatic rings. The standard InChI is InChI=1S/C19H18N4OS/c1-24-12-18-21-14(13-25-18)11-20-19-22-16-9-5-6-10-17(16)23(19)15-7-3-2-4-8-15/h2-10,13H,11-12H2,1H3,(H,20,22). The molecule has 2 aromatic carbocycles. The van der Waals surface area contributed by atoms with Gasteiger partial charge in [0.15, 0.2) is 0 Å². The molecule has 0 saturated carbocycles. The Morgan fingerprint density at radius 3 is 2.68 bits per heavy atom. The third-order valence-corrected chi connectivity index (χ3v) is 4.74. The van der Waals surface area contributed by atoms with Gasteiger partial charge in [0.25, 0.3) is 0 Å². The highest BCUT2D eigenvalue weighted by Gasteiger charge is 2.12. The van der Waals surface area contributed by atoms with Gasteiger partial charge in [-0.3, -0.25) is 4.57 Å². The fourth-order valence-corrected chi connectivity index (χ4v) is 3.54. The number of aromatic nitrogens is 3. The molecular formula is C19H18N4OS. The van der Waals surface area contributed by atoms with Crippen molar-refractivity contribution in [3.05, 3.63) is 70.7 Å². The first-order chi connectivity index (χ1) is 12.3. The third-order valence-electron chi connectivity index (χ3n) is 3.87. The Balaban J connectivity index is 1.66. The Bertz CT molecular complexity index is 977. The Morgan fingerprint density at radius 2 is 1.84 bits per heavy atom. The van der Waals surface area contributed by atoms with Gasteiger partial charge in [0.05, 0.1) is 29.9 Å². The highest BCUT2D eigenvalue weighted by molar-refractivity contribution is 7.09. The normalized spacial score (nSPS) is 11.1. The Hall–Kier alpha value is -2.70. The molecule has 0 saturated heterocycles. The van der Waals surface area contributed by atoms with Crippen LogP contribution in [0.1, 0.15) is 10.7 Å². The van der Waals surface area contributed by atoms with Crippen molar-refractivity contribution in [1.29, 1.82) is 0 Å². The van der Waals surface area contributed by atoms with E-state index in [0.29, 0.717) is 13.2 Å². The first-order valence-corrected chi connectivity index (χ1v) is 8.92. The molecule has 2 aromatic heterocycles. The van der Waals surface area contributed by atoms with Gasteiger partial charge in [-0.2, -0.15) is 0 Å². The van der Waals surface area contributed by atoms with E-state index in [2.05, 4.69) is 38.4 Å². The number of nitrogens with zero attached hydrogens (tertiary/aromatic N) is 3. The number of methoxy groups -OCH3 is 1. The van der Waals surface area contributed by atoms with Gasteiger partial charge in [-0.1, -0.05) is 30.3 Å². The lowest BCUT2D eigenvalue weighted by molar-refractivity contribution is 0.184. The maximum absolute atomic E-state index is 5.13. The van der Waals surface area contributed by atoms with Gasteiger partial charge in [0.1, 0.15) is 5.01 Å². The van der Waals surface area contributed by atoms with E-state index in [1.807, 2.05) is 36.4 Å². The molecular weight excluding hydrogens is 332 g/mol. The summed E-state index contributed by atoms with van der Waals surface area (Å²) in [4.78, 5) is 9.32. The molecule has 0 unspecified atom stereocenters. The third kappa shape index (κ3) is 3.26. The summed E-state index contributed by atoms with van der Waals surface area (Å²) in [5, 5.41) is 6.46. The molecule has 1 N–H and O–H groups in total. The van der Waals surface area contributed by atoms with Crippen molar-refractivity contribution >= 4 is 28.3 Å². The lowest BCUT2D eigenvalue weighted by atomic mass is 10.3. The second-order valence-electron chi connectivity index (χ2n) is 5.61. The van der Waals surface area contributed by atoms with Crippen LogP contribution >= 0.6 is 11.3 Å². The van der Waals surface area contributed by atoms with Gasteiger partial charge in [0, 0.05) is 18.2 Å². The SMILES string of the molecule is COCc1nc(CNc2nc3ccccc3n2-c2ccccc2)cs1. The molecule has 5 nitrogen and oxygen atoms in total. The van der Waals surface area contributed by atoms with Crippen LogP contribution in [0.25, 0.3) is 16.7 Å². The molecule has 2 heterocycles. The number of benzene rings is 2. The second kappa shape index (κ2) is 7.04. The first kappa shape index (κ1) is 15.8. The summed E-state index contributed by atoms with van der Waals surface area (Å²) in [6, 6.07) is 18.4. The van der Waals surface area contributed by atoms with Crippen molar-refractivity contribution in [2.45, 2.75) is 13.2 Å². The van der Waals surface area contributed by atoms with Crippen LogP contribution in [-0.2, 0) is 17.9 Å². The maximum Gasteiger partial charge on any atom is 0.208 e. The Labute approximate surface area is 149 Å². The van der Waals surface area contributed by atoms with E-state index in [0.717, 1.165) is 33.4 Å². The summed E-state index contributed by atoms with van der Waals surface area (Å²) in [6.45, 7) is 1.17. The van der Waals surface area contributed by atoms with E-state index in [1.165, 1.54) is 0 Å². The van der Waals surface area contributed by atoms with E-state index < -0.39 is 0 Å². The molecule has 0 fully saturated rings. The Kier molecular flexibility index (Phi) is 4.45. The molecule has 0 bridgehead atoms. The minimum absolute atomic E-state index is 0.549. The number of rotatable bonds is 6. The van der Waals surface area contributed by atoms with E-state index in [9.17, 15) is 0 Å². The summed E-state index contributed by atoms with van der Waals surface area (Å²) in [5.41, 5.74) is 4.11. The predicted octanol–water partition coefficient (Wildman–Crippen LogP) is 4.24. The fourth-order valence-electron chi connectivity index (χ4n) is 2.77. The zero-order valence-electron chi connectivity index (χ0n) is 13.8.